The number of carbonyl (C=O) groups is 1. The molecule has 1 aromatic rings. The van der Waals surface area contributed by atoms with E-state index in [0.29, 0.717) is 6.61 Å². The van der Waals surface area contributed by atoms with E-state index in [9.17, 15) is 4.79 Å². The zero-order chi connectivity index (χ0) is 22.7. The molecule has 0 bridgehead atoms. The summed E-state index contributed by atoms with van der Waals surface area (Å²) in [6.45, 7) is 9.13. The monoisotopic (exact) mass is 424 g/mol. The van der Waals surface area contributed by atoms with Crippen LogP contribution in [0.1, 0.15) is 78.2 Å². The Morgan fingerprint density at radius 1 is 0.903 bits per heavy atom. The minimum atomic E-state index is -0.307. The fourth-order valence-electron chi connectivity index (χ4n) is 3.04. The lowest BCUT2D eigenvalue weighted by molar-refractivity contribution is -0.137. The molecule has 3 nitrogen and oxygen atoms in total. The molecule has 0 N–H and O–H groups in total. The summed E-state index contributed by atoms with van der Waals surface area (Å²) in [6.07, 6.45) is 20.5. The van der Waals surface area contributed by atoms with E-state index < -0.39 is 0 Å². The Morgan fingerprint density at radius 3 is 2.35 bits per heavy atom. The lowest BCUT2D eigenvalue weighted by Crippen LogP contribution is -1.99. The van der Waals surface area contributed by atoms with Crippen LogP contribution in [0.3, 0.4) is 0 Å². The smallest absolute Gasteiger partial charge is 0.330 e. The molecule has 0 spiro atoms. The molecule has 0 amide bonds. The topological polar surface area (TPSA) is 35.5 Å². The molecule has 170 valence electrons. The zero-order valence-corrected chi connectivity index (χ0v) is 19.9. The minimum Gasteiger partial charge on any atom is -0.493 e. The molecular weight excluding hydrogens is 384 g/mol. The Labute approximate surface area is 189 Å². The first kappa shape index (κ1) is 26.5. The number of allylic oxidation sites excluding steroid dienone is 6. The molecular formula is C28H40O3. The van der Waals surface area contributed by atoms with E-state index in [-0.39, 0.29) is 5.97 Å². The lowest BCUT2D eigenvalue weighted by Gasteiger charge is -2.09. The Bertz CT molecular complexity index is 753. The quantitative estimate of drug-likeness (QED) is 0.124. The molecule has 0 aliphatic rings. The second-order valence-electron chi connectivity index (χ2n) is 7.75. The van der Waals surface area contributed by atoms with Gasteiger partial charge in [0.25, 0.3) is 0 Å². The van der Waals surface area contributed by atoms with Crippen LogP contribution in [-0.4, -0.2) is 19.2 Å². The highest BCUT2D eigenvalue weighted by molar-refractivity contribution is 5.83. The number of unbranched alkanes of at least 4 members (excludes halogenated alkanes) is 6. The van der Waals surface area contributed by atoms with Gasteiger partial charge in [-0.2, -0.15) is 0 Å². The number of carbonyl (C=O) groups excluding carboxylic acids is 1. The lowest BCUT2D eigenvalue weighted by atomic mass is 10.1. The van der Waals surface area contributed by atoms with Crippen molar-refractivity contribution in [2.24, 2.45) is 0 Å². The van der Waals surface area contributed by atoms with E-state index in [1.807, 2.05) is 50.3 Å². The Kier molecular flexibility index (Phi) is 14.7. The van der Waals surface area contributed by atoms with Crippen LogP contribution in [0, 0.1) is 0 Å². The van der Waals surface area contributed by atoms with Gasteiger partial charge in [0.1, 0.15) is 5.75 Å². The van der Waals surface area contributed by atoms with Gasteiger partial charge in [0.15, 0.2) is 0 Å². The zero-order valence-electron chi connectivity index (χ0n) is 19.9. The fourth-order valence-corrected chi connectivity index (χ4v) is 3.04. The normalized spacial score (nSPS) is 12.6. The molecule has 0 aliphatic carbocycles. The van der Waals surface area contributed by atoms with Crippen molar-refractivity contribution >= 4 is 12.0 Å². The third kappa shape index (κ3) is 13.4. The van der Waals surface area contributed by atoms with Crippen molar-refractivity contribution in [1.82, 2.24) is 0 Å². The SMILES string of the molecule is CCCCCCCCCOc1ccccc1/C=C/C(C)=C/C=C/C(C)=C/C(=O)OCC. The van der Waals surface area contributed by atoms with Crippen molar-refractivity contribution in [1.29, 1.82) is 0 Å². The summed E-state index contributed by atoms with van der Waals surface area (Å²) in [5.41, 5.74) is 3.05. The highest BCUT2D eigenvalue weighted by atomic mass is 16.5. The van der Waals surface area contributed by atoms with E-state index in [0.717, 1.165) is 35.5 Å². The molecule has 0 aliphatic heterocycles. The van der Waals surface area contributed by atoms with E-state index in [1.165, 1.54) is 44.6 Å². The van der Waals surface area contributed by atoms with Crippen molar-refractivity contribution in [2.75, 3.05) is 13.2 Å². The van der Waals surface area contributed by atoms with Crippen LogP contribution in [-0.2, 0) is 9.53 Å². The summed E-state index contributed by atoms with van der Waals surface area (Å²) < 4.78 is 10.9. The van der Waals surface area contributed by atoms with Crippen molar-refractivity contribution in [3.8, 4) is 5.75 Å². The Morgan fingerprint density at radius 2 is 1.61 bits per heavy atom. The molecule has 0 saturated carbocycles. The van der Waals surface area contributed by atoms with Gasteiger partial charge in [-0.15, -0.1) is 0 Å². The molecule has 3 heteroatoms. The number of hydrogen-bond donors (Lipinski definition) is 0. The third-order valence-corrected chi connectivity index (χ3v) is 4.80. The van der Waals surface area contributed by atoms with Crippen molar-refractivity contribution in [3.63, 3.8) is 0 Å². The van der Waals surface area contributed by atoms with Gasteiger partial charge in [-0.25, -0.2) is 4.79 Å². The second-order valence-corrected chi connectivity index (χ2v) is 7.75. The Balaban J connectivity index is 2.51. The van der Waals surface area contributed by atoms with Crippen LogP contribution in [0.25, 0.3) is 6.08 Å². The molecule has 0 radical (unpaired) electrons. The third-order valence-electron chi connectivity index (χ3n) is 4.80. The van der Waals surface area contributed by atoms with Gasteiger partial charge in [-0.1, -0.05) is 99.6 Å². The predicted molar refractivity (Wildman–Crippen MR) is 132 cm³/mol. The summed E-state index contributed by atoms with van der Waals surface area (Å²) in [4.78, 5) is 11.4. The van der Waals surface area contributed by atoms with E-state index >= 15 is 0 Å². The van der Waals surface area contributed by atoms with Crippen molar-refractivity contribution in [3.05, 3.63) is 71.4 Å². The summed E-state index contributed by atoms with van der Waals surface area (Å²) in [5.74, 6) is 0.625. The number of rotatable bonds is 15. The highest BCUT2D eigenvalue weighted by Gasteiger charge is 2.00. The van der Waals surface area contributed by atoms with Gasteiger partial charge in [0.2, 0.25) is 0 Å². The molecule has 1 rings (SSSR count). The van der Waals surface area contributed by atoms with Gasteiger partial charge in [-0.05, 0) is 38.8 Å². The second kappa shape index (κ2) is 17.2. The van der Waals surface area contributed by atoms with Gasteiger partial charge < -0.3 is 9.47 Å². The maximum Gasteiger partial charge on any atom is 0.330 e. The number of ether oxygens (including phenoxy) is 2. The van der Waals surface area contributed by atoms with E-state index in [1.54, 1.807) is 6.92 Å². The number of benzene rings is 1. The van der Waals surface area contributed by atoms with Crippen LogP contribution >= 0.6 is 0 Å². The van der Waals surface area contributed by atoms with Crippen LogP contribution in [0.4, 0.5) is 0 Å². The molecule has 0 fully saturated rings. The average molecular weight is 425 g/mol. The first-order valence-corrected chi connectivity index (χ1v) is 11.7. The largest absolute Gasteiger partial charge is 0.493 e. The maximum atomic E-state index is 11.4. The van der Waals surface area contributed by atoms with E-state index in [2.05, 4.69) is 25.1 Å². The first-order chi connectivity index (χ1) is 15.1. The molecule has 0 aromatic heterocycles. The van der Waals surface area contributed by atoms with Crippen LogP contribution in [0.5, 0.6) is 5.75 Å². The van der Waals surface area contributed by atoms with Crippen LogP contribution in [0.2, 0.25) is 0 Å². The highest BCUT2D eigenvalue weighted by Crippen LogP contribution is 2.21. The molecule has 0 heterocycles. The summed E-state index contributed by atoms with van der Waals surface area (Å²) >= 11 is 0. The molecule has 0 saturated heterocycles. The number of esters is 1. The van der Waals surface area contributed by atoms with Crippen LogP contribution in [0.15, 0.2) is 65.8 Å². The standard InChI is InChI=1S/C28H40O3/c1-5-7-8-9-10-11-14-22-31-27-19-13-12-18-26(27)21-20-24(3)16-15-17-25(4)23-28(29)30-6-2/h12-13,15-21,23H,5-11,14,22H2,1-4H3/b17-15+,21-20+,24-16+,25-23+. The molecule has 31 heavy (non-hydrogen) atoms. The molecule has 0 unspecified atom stereocenters. The van der Waals surface area contributed by atoms with Crippen molar-refractivity contribution < 1.29 is 14.3 Å². The average Bonchev–Trinajstić information content (AvgIpc) is 2.75. The Hall–Kier alpha value is -2.55. The van der Waals surface area contributed by atoms with Gasteiger partial charge in [0, 0.05) is 11.6 Å². The van der Waals surface area contributed by atoms with Gasteiger partial charge in [-0.3, -0.25) is 0 Å². The molecule has 1 aromatic carbocycles. The van der Waals surface area contributed by atoms with Gasteiger partial charge in [0.05, 0.1) is 13.2 Å². The summed E-state index contributed by atoms with van der Waals surface area (Å²) in [5, 5.41) is 0. The first-order valence-electron chi connectivity index (χ1n) is 11.7. The number of hydrogen-bond acceptors (Lipinski definition) is 3. The fraction of sp³-hybridized carbons (Fsp3) is 0.464. The molecule has 0 atom stereocenters. The maximum absolute atomic E-state index is 11.4. The summed E-state index contributed by atoms with van der Waals surface area (Å²) in [6, 6.07) is 8.15. The summed E-state index contributed by atoms with van der Waals surface area (Å²) in [7, 11) is 0. The van der Waals surface area contributed by atoms with E-state index in [4.69, 9.17) is 9.47 Å². The number of para-hydroxylation sites is 1. The predicted octanol–water partition coefficient (Wildman–Crippen LogP) is 7.84. The van der Waals surface area contributed by atoms with Crippen molar-refractivity contribution in [2.45, 2.75) is 72.6 Å². The van der Waals surface area contributed by atoms with Gasteiger partial charge >= 0.3 is 5.97 Å². The minimum absolute atomic E-state index is 0.307. The van der Waals surface area contributed by atoms with Crippen LogP contribution < -0.4 is 4.74 Å².